The van der Waals surface area contributed by atoms with Crippen LogP contribution in [0.4, 0.5) is 5.69 Å². The van der Waals surface area contributed by atoms with Crippen LogP contribution in [0.2, 0.25) is 0 Å². The van der Waals surface area contributed by atoms with Crippen LogP contribution in [0.25, 0.3) is 0 Å². The van der Waals surface area contributed by atoms with Crippen LogP contribution in [0.3, 0.4) is 0 Å². The lowest BCUT2D eigenvalue weighted by Crippen LogP contribution is -2.16. The fourth-order valence-electron chi connectivity index (χ4n) is 1.72. The molecule has 0 unspecified atom stereocenters. The molecule has 0 atom stereocenters. The van der Waals surface area contributed by atoms with Crippen molar-refractivity contribution >= 4 is 5.69 Å². The van der Waals surface area contributed by atoms with E-state index in [0.717, 1.165) is 13.0 Å². The Hall–Kier alpha value is -0.980. The predicted octanol–water partition coefficient (Wildman–Crippen LogP) is 2.62. The van der Waals surface area contributed by atoms with Crippen LogP contribution in [0.15, 0.2) is 24.3 Å². The highest BCUT2D eigenvalue weighted by molar-refractivity contribution is 5.60. The van der Waals surface area contributed by atoms with Gasteiger partial charge in [-0.1, -0.05) is 25.1 Å². The molecule has 1 radical (unpaired) electrons. The summed E-state index contributed by atoms with van der Waals surface area (Å²) in [6, 6.07) is 8.64. The first-order valence-corrected chi connectivity index (χ1v) is 4.59. The Balaban J connectivity index is 2.24. The molecule has 1 heteroatoms. The molecule has 0 bridgehead atoms. The lowest BCUT2D eigenvalue weighted by Gasteiger charge is -2.17. The lowest BCUT2D eigenvalue weighted by atomic mass is 10.2. The van der Waals surface area contributed by atoms with E-state index in [1.807, 2.05) is 0 Å². The Morgan fingerprint density at radius 3 is 3.00 bits per heavy atom. The van der Waals surface area contributed by atoms with Crippen LogP contribution >= 0.6 is 0 Å². The molecule has 0 fully saturated rings. The molecular weight excluding hydrogens is 146 g/mol. The van der Waals surface area contributed by atoms with Crippen molar-refractivity contribution in [3.05, 3.63) is 36.4 Å². The second-order valence-electron chi connectivity index (χ2n) is 3.21. The molecule has 0 aromatic heterocycles. The molecule has 1 heterocycles. The summed E-state index contributed by atoms with van der Waals surface area (Å²) >= 11 is 0. The van der Waals surface area contributed by atoms with E-state index in [0.29, 0.717) is 0 Å². The van der Waals surface area contributed by atoms with E-state index in [9.17, 15) is 0 Å². The summed E-state index contributed by atoms with van der Waals surface area (Å²) in [4.78, 5) is 2.36. The van der Waals surface area contributed by atoms with E-state index in [2.05, 4.69) is 42.6 Å². The summed E-state index contributed by atoms with van der Waals surface area (Å²) < 4.78 is 0. The number of fused-ring (bicyclic) bond motifs is 1. The number of rotatable bonds is 2. The van der Waals surface area contributed by atoms with Crippen molar-refractivity contribution < 1.29 is 0 Å². The number of nitrogens with zero attached hydrogens (tertiary/aromatic N) is 1. The summed E-state index contributed by atoms with van der Waals surface area (Å²) in [6.07, 6.45) is 2.32. The maximum Gasteiger partial charge on any atom is 0.0537 e. The van der Waals surface area contributed by atoms with E-state index in [1.54, 1.807) is 0 Å². The predicted molar refractivity (Wildman–Crippen MR) is 52.1 cm³/mol. The molecule has 1 aromatic carbocycles. The van der Waals surface area contributed by atoms with Crippen molar-refractivity contribution in [1.29, 1.82) is 0 Å². The zero-order valence-electron chi connectivity index (χ0n) is 7.46. The average molecular weight is 160 g/mol. The van der Waals surface area contributed by atoms with Gasteiger partial charge in [0.15, 0.2) is 0 Å². The van der Waals surface area contributed by atoms with Crippen molar-refractivity contribution in [2.24, 2.45) is 0 Å². The highest BCUT2D eigenvalue weighted by Crippen LogP contribution is 2.29. The number of benzene rings is 1. The third-order valence-electron chi connectivity index (χ3n) is 2.30. The van der Waals surface area contributed by atoms with E-state index >= 15 is 0 Å². The molecule has 1 aliphatic rings. The van der Waals surface area contributed by atoms with Crippen LogP contribution in [0.1, 0.15) is 18.9 Å². The number of hydrogen-bond donors (Lipinski definition) is 0. The van der Waals surface area contributed by atoms with Gasteiger partial charge in [-0.25, -0.2) is 0 Å². The van der Waals surface area contributed by atoms with Gasteiger partial charge in [-0.15, -0.1) is 0 Å². The van der Waals surface area contributed by atoms with Gasteiger partial charge in [0.2, 0.25) is 0 Å². The molecule has 0 saturated heterocycles. The molecule has 0 aliphatic carbocycles. The summed E-state index contributed by atoms with van der Waals surface area (Å²) in [7, 11) is 0. The van der Waals surface area contributed by atoms with Gasteiger partial charge in [0.25, 0.3) is 0 Å². The molecule has 63 valence electrons. The Bertz CT molecular complexity index is 265. The highest BCUT2D eigenvalue weighted by atomic mass is 15.1. The van der Waals surface area contributed by atoms with E-state index in [4.69, 9.17) is 0 Å². The second-order valence-corrected chi connectivity index (χ2v) is 3.21. The van der Waals surface area contributed by atoms with Crippen LogP contribution < -0.4 is 4.90 Å². The van der Waals surface area contributed by atoms with Crippen molar-refractivity contribution in [2.45, 2.75) is 19.8 Å². The van der Waals surface area contributed by atoms with E-state index in [1.165, 1.54) is 17.7 Å². The summed E-state index contributed by atoms with van der Waals surface area (Å²) in [5, 5.41) is 0. The van der Waals surface area contributed by atoms with Gasteiger partial charge >= 0.3 is 0 Å². The minimum absolute atomic E-state index is 1.11. The molecule has 0 N–H and O–H groups in total. The number of anilines is 1. The molecule has 1 nitrogen and oxygen atoms in total. The normalized spacial score (nSPS) is 14.9. The average Bonchev–Trinajstić information content (AvgIpc) is 2.50. The smallest absolute Gasteiger partial charge is 0.0537 e. The van der Waals surface area contributed by atoms with Gasteiger partial charge in [-0.3, -0.25) is 0 Å². The van der Waals surface area contributed by atoms with E-state index < -0.39 is 0 Å². The summed E-state index contributed by atoms with van der Waals surface area (Å²) in [5.41, 5.74) is 2.87. The molecular formula is C11H14N. The van der Waals surface area contributed by atoms with Crippen LogP contribution in [0, 0.1) is 6.54 Å². The Morgan fingerprint density at radius 2 is 2.17 bits per heavy atom. The Labute approximate surface area is 74.0 Å². The SMILES string of the molecule is CCCN1[CH]Cc2ccccc21. The lowest BCUT2D eigenvalue weighted by molar-refractivity contribution is 0.853. The first kappa shape index (κ1) is 7.66. The largest absolute Gasteiger partial charge is 0.366 e. The van der Waals surface area contributed by atoms with Crippen molar-refractivity contribution in [2.75, 3.05) is 11.4 Å². The van der Waals surface area contributed by atoms with E-state index in [-0.39, 0.29) is 0 Å². The van der Waals surface area contributed by atoms with Crippen molar-refractivity contribution in [3.63, 3.8) is 0 Å². The zero-order chi connectivity index (χ0) is 8.39. The number of hydrogen-bond acceptors (Lipinski definition) is 1. The topological polar surface area (TPSA) is 3.24 Å². The summed E-state index contributed by atoms with van der Waals surface area (Å²) in [5.74, 6) is 0. The number of para-hydroxylation sites is 1. The first-order valence-electron chi connectivity index (χ1n) is 4.59. The molecule has 0 amide bonds. The minimum Gasteiger partial charge on any atom is -0.366 e. The van der Waals surface area contributed by atoms with Crippen molar-refractivity contribution in [1.82, 2.24) is 0 Å². The Kier molecular flexibility index (Phi) is 2.03. The third kappa shape index (κ3) is 1.20. The Morgan fingerprint density at radius 1 is 1.33 bits per heavy atom. The van der Waals surface area contributed by atoms with Gasteiger partial charge in [0.05, 0.1) is 6.54 Å². The summed E-state index contributed by atoms with van der Waals surface area (Å²) in [6.45, 7) is 5.65. The molecule has 1 aliphatic heterocycles. The highest BCUT2D eigenvalue weighted by Gasteiger charge is 2.16. The monoisotopic (exact) mass is 160 g/mol. The maximum absolute atomic E-state index is 2.36. The molecule has 0 saturated carbocycles. The van der Waals surface area contributed by atoms with Gasteiger partial charge in [0, 0.05) is 12.2 Å². The molecule has 12 heavy (non-hydrogen) atoms. The maximum atomic E-state index is 2.36. The molecule has 0 spiro atoms. The zero-order valence-corrected chi connectivity index (χ0v) is 7.46. The van der Waals surface area contributed by atoms with Crippen molar-refractivity contribution in [3.8, 4) is 0 Å². The van der Waals surface area contributed by atoms with Crippen LogP contribution in [-0.2, 0) is 6.42 Å². The first-order chi connectivity index (χ1) is 5.92. The minimum atomic E-state index is 1.11. The standard InChI is InChI=1S/C11H14N/c1-2-8-12-9-7-10-5-3-4-6-11(10)12/h3-6,9H,2,7-8H2,1H3. The quantitative estimate of drug-likeness (QED) is 0.642. The molecule has 2 rings (SSSR count). The second kappa shape index (κ2) is 3.18. The van der Waals surface area contributed by atoms with Crippen LogP contribution in [0.5, 0.6) is 0 Å². The van der Waals surface area contributed by atoms with Crippen LogP contribution in [-0.4, -0.2) is 6.54 Å². The fourth-order valence-corrected chi connectivity index (χ4v) is 1.72. The third-order valence-corrected chi connectivity index (χ3v) is 2.30. The fraction of sp³-hybridized carbons (Fsp3) is 0.364. The molecule has 1 aromatic rings. The van der Waals surface area contributed by atoms with Gasteiger partial charge in [-0.05, 0) is 24.5 Å². The van der Waals surface area contributed by atoms with Gasteiger partial charge in [0.1, 0.15) is 0 Å². The van der Waals surface area contributed by atoms with Gasteiger partial charge < -0.3 is 4.90 Å². The van der Waals surface area contributed by atoms with Gasteiger partial charge in [-0.2, -0.15) is 0 Å².